The number of sulfone groups is 1. The van der Waals surface area contributed by atoms with Crippen molar-refractivity contribution in [3.8, 4) is 11.5 Å². The second kappa shape index (κ2) is 6.85. The topological polar surface area (TPSA) is 52.6 Å². The molecule has 0 heterocycles. The first kappa shape index (κ1) is 16.4. The first-order chi connectivity index (χ1) is 10.5. The highest BCUT2D eigenvalue weighted by Gasteiger charge is 2.10. The van der Waals surface area contributed by atoms with Crippen molar-refractivity contribution in [3.05, 3.63) is 58.5 Å². The molecule has 22 heavy (non-hydrogen) atoms. The predicted molar refractivity (Wildman–Crippen MR) is 87.2 cm³/mol. The normalized spacial score (nSPS) is 11.6. The fourth-order valence-corrected chi connectivity index (χ4v) is 2.96. The van der Waals surface area contributed by atoms with E-state index >= 15 is 0 Å². The van der Waals surface area contributed by atoms with Crippen molar-refractivity contribution < 1.29 is 17.9 Å². The fourth-order valence-electron chi connectivity index (χ4n) is 1.83. The molecule has 116 valence electrons. The molecule has 0 saturated carbocycles. The van der Waals surface area contributed by atoms with Gasteiger partial charge in [-0.25, -0.2) is 8.42 Å². The molecule has 2 aromatic rings. The predicted octanol–water partition coefficient (Wildman–Crippen LogP) is 3.80. The van der Waals surface area contributed by atoms with E-state index in [1.54, 1.807) is 37.4 Å². The van der Waals surface area contributed by atoms with Crippen LogP contribution in [0.15, 0.2) is 52.8 Å². The highest BCUT2D eigenvalue weighted by molar-refractivity contribution is 7.94. The number of benzene rings is 2. The summed E-state index contributed by atoms with van der Waals surface area (Å²) in [5.74, 6) is 1.12. The lowest BCUT2D eigenvalue weighted by molar-refractivity contribution is 0.355. The molecule has 0 amide bonds. The zero-order valence-corrected chi connectivity index (χ0v) is 13.7. The summed E-state index contributed by atoms with van der Waals surface area (Å²) >= 11 is 5.76. The van der Waals surface area contributed by atoms with Crippen LogP contribution in [0.4, 0.5) is 0 Å². The summed E-state index contributed by atoms with van der Waals surface area (Å²) < 4.78 is 34.7. The molecule has 0 aliphatic rings. The number of ether oxygens (including phenoxy) is 2. The lowest BCUT2D eigenvalue weighted by atomic mass is 10.2. The van der Waals surface area contributed by atoms with Crippen LogP contribution in [0.2, 0.25) is 5.02 Å². The molecule has 0 N–H and O–H groups in total. The molecule has 0 aliphatic heterocycles. The van der Waals surface area contributed by atoms with Gasteiger partial charge in [0, 0.05) is 10.4 Å². The molecule has 0 fully saturated rings. The van der Waals surface area contributed by atoms with Gasteiger partial charge in [-0.05, 0) is 48.0 Å². The van der Waals surface area contributed by atoms with Gasteiger partial charge < -0.3 is 9.47 Å². The number of hydrogen-bond acceptors (Lipinski definition) is 4. The summed E-state index contributed by atoms with van der Waals surface area (Å²) in [6.07, 6.45) is 1.51. The third-order valence-electron chi connectivity index (χ3n) is 2.99. The largest absolute Gasteiger partial charge is 0.493 e. The second-order valence-corrected chi connectivity index (χ2v) is 6.69. The first-order valence-electron chi connectivity index (χ1n) is 6.37. The van der Waals surface area contributed by atoms with E-state index in [-0.39, 0.29) is 4.90 Å². The van der Waals surface area contributed by atoms with Gasteiger partial charge in [-0.15, -0.1) is 0 Å². The van der Waals surface area contributed by atoms with Crippen molar-refractivity contribution in [2.75, 3.05) is 14.2 Å². The molecule has 0 unspecified atom stereocenters. The minimum Gasteiger partial charge on any atom is -0.493 e. The van der Waals surface area contributed by atoms with E-state index in [4.69, 9.17) is 21.1 Å². The monoisotopic (exact) mass is 338 g/mol. The molecule has 2 rings (SSSR count). The Morgan fingerprint density at radius 1 is 0.955 bits per heavy atom. The van der Waals surface area contributed by atoms with Crippen molar-refractivity contribution in [1.82, 2.24) is 0 Å². The van der Waals surface area contributed by atoms with E-state index in [0.29, 0.717) is 22.1 Å². The van der Waals surface area contributed by atoms with E-state index in [1.807, 2.05) is 0 Å². The van der Waals surface area contributed by atoms with Gasteiger partial charge in [-0.3, -0.25) is 0 Å². The summed E-state index contributed by atoms with van der Waals surface area (Å²) in [4.78, 5) is 0.189. The van der Waals surface area contributed by atoms with Crippen molar-refractivity contribution in [2.45, 2.75) is 4.90 Å². The van der Waals surface area contributed by atoms with E-state index in [9.17, 15) is 8.42 Å². The third-order valence-corrected chi connectivity index (χ3v) is 4.67. The summed E-state index contributed by atoms with van der Waals surface area (Å²) in [6.45, 7) is 0. The number of halogens is 1. The second-order valence-electron chi connectivity index (χ2n) is 4.42. The molecular weight excluding hydrogens is 324 g/mol. The van der Waals surface area contributed by atoms with Gasteiger partial charge in [0.15, 0.2) is 21.3 Å². The Labute approximate surface area is 134 Å². The van der Waals surface area contributed by atoms with Gasteiger partial charge >= 0.3 is 0 Å². The van der Waals surface area contributed by atoms with E-state index in [2.05, 4.69) is 0 Å². The molecule has 0 bridgehead atoms. The maximum absolute atomic E-state index is 12.2. The molecule has 2 aromatic carbocycles. The molecule has 6 heteroatoms. The summed E-state index contributed by atoms with van der Waals surface area (Å²) in [5, 5.41) is 1.64. The number of rotatable bonds is 5. The van der Waals surface area contributed by atoms with Crippen LogP contribution in [-0.4, -0.2) is 22.6 Å². The van der Waals surface area contributed by atoms with E-state index < -0.39 is 9.84 Å². The van der Waals surface area contributed by atoms with Crippen LogP contribution < -0.4 is 9.47 Å². The fraction of sp³-hybridized carbons (Fsp3) is 0.125. The van der Waals surface area contributed by atoms with Gasteiger partial charge in [0.05, 0.1) is 19.1 Å². The van der Waals surface area contributed by atoms with E-state index in [1.165, 1.54) is 25.3 Å². The molecule has 0 aromatic heterocycles. The standard InChI is InChI=1S/C16H15ClO4S/c1-20-15-8-3-12(11-16(15)21-2)9-10-22(18,19)14-6-4-13(17)5-7-14/h3-11H,1-2H3/b10-9+. The van der Waals surface area contributed by atoms with Crippen molar-refractivity contribution in [2.24, 2.45) is 0 Å². The summed E-state index contributed by atoms with van der Waals surface area (Å²) in [5.41, 5.74) is 0.690. The molecule has 4 nitrogen and oxygen atoms in total. The molecule has 0 radical (unpaired) electrons. The zero-order chi connectivity index (χ0) is 16.2. The highest BCUT2D eigenvalue weighted by atomic mass is 35.5. The maximum Gasteiger partial charge on any atom is 0.199 e. The molecule has 0 saturated heterocycles. The SMILES string of the molecule is COc1ccc(/C=C/S(=O)(=O)c2ccc(Cl)cc2)cc1OC. The van der Waals surface area contributed by atoms with Crippen LogP contribution in [0.25, 0.3) is 6.08 Å². The van der Waals surface area contributed by atoms with Crippen LogP contribution in [0.5, 0.6) is 11.5 Å². The Hall–Kier alpha value is -1.98. The van der Waals surface area contributed by atoms with Gasteiger partial charge in [0.1, 0.15) is 0 Å². The lowest BCUT2D eigenvalue weighted by Crippen LogP contribution is -1.95. The minimum atomic E-state index is -3.52. The Kier molecular flexibility index (Phi) is 5.11. The molecule has 0 spiro atoms. The van der Waals surface area contributed by atoms with Gasteiger partial charge in [-0.2, -0.15) is 0 Å². The smallest absolute Gasteiger partial charge is 0.199 e. The Morgan fingerprint density at radius 2 is 1.59 bits per heavy atom. The first-order valence-corrected chi connectivity index (χ1v) is 8.29. The average molecular weight is 339 g/mol. The molecule has 0 aliphatic carbocycles. The Bertz CT molecular complexity index is 780. The zero-order valence-electron chi connectivity index (χ0n) is 12.1. The molecule has 0 atom stereocenters. The van der Waals surface area contributed by atoms with Crippen molar-refractivity contribution >= 4 is 27.5 Å². The quantitative estimate of drug-likeness (QED) is 0.832. The van der Waals surface area contributed by atoms with Crippen LogP contribution in [0, 0.1) is 0 Å². The highest BCUT2D eigenvalue weighted by Crippen LogP contribution is 2.28. The number of methoxy groups -OCH3 is 2. The van der Waals surface area contributed by atoms with Crippen molar-refractivity contribution in [3.63, 3.8) is 0 Å². The summed E-state index contributed by atoms with van der Waals surface area (Å²) in [7, 11) is -0.458. The number of hydrogen-bond donors (Lipinski definition) is 0. The lowest BCUT2D eigenvalue weighted by Gasteiger charge is -2.07. The maximum atomic E-state index is 12.2. The van der Waals surface area contributed by atoms with Gasteiger partial charge in [-0.1, -0.05) is 17.7 Å². The Balaban J connectivity index is 2.29. The van der Waals surface area contributed by atoms with Crippen LogP contribution in [0.3, 0.4) is 0 Å². The van der Waals surface area contributed by atoms with Crippen LogP contribution >= 0.6 is 11.6 Å². The van der Waals surface area contributed by atoms with Crippen LogP contribution in [-0.2, 0) is 9.84 Å². The van der Waals surface area contributed by atoms with E-state index in [0.717, 1.165) is 5.41 Å². The average Bonchev–Trinajstić information content (AvgIpc) is 2.53. The Morgan fingerprint density at radius 3 is 2.18 bits per heavy atom. The minimum absolute atomic E-state index is 0.189. The van der Waals surface area contributed by atoms with Crippen LogP contribution in [0.1, 0.15) is 5.56 Å². The van der Waals surface area contributed by atoms with Crippen molar-refractivity contribution in [1.29, 1.82) is 0 Å². The van der Waals surface area contributed by atoms with Gasteiger partial charge in [0.25, 0.3) is 0 Å². The third kappa shape index (κ3) is 3.81. The summed E-state index contributed by atoms with van der Waals surface area (Å²) in [6, 6.07) is 11.2. The molecular formula is C16H15ClO4S. The van der Waals surface area contributed by atoms with Gasteiger partial charge in [0.2, 0.25) is 0 Å².